The van der Waals surface area contributed by atoms with Crippen molar-refractivity contribution < 1.29 is 19.1 Å². The van der Waals surface area contributed by atoms with Crippen LogP contribution in [0.2, 0.25) is 0 Å². The van der Waals surface area contributed by atoms with E-state index in [4.69, 9.17) is 5.73 Å². The van der Waals surface area contributed by atoms with Crippen LogP contribution in [0.3, 0.4) is 0 Å². The minimum absolute atomic E-state index is 0.272. The van der Waals surface area contributed by atoms with Crippen molar-refractivity contribution >= 4 is 29.1 Å². The van der Waals surface area contributed by atoms with Gasteiger partial charge in [-0.25, -0.2) is 0 Å². The summed E-state index contributed by atoms with van der Waals surface area (Å²) in [6.07, 6.45) is 0. The largest absolute Gasteiger partial charge is 0.468 e. The predicted octanol–water partition coefficient (Wildman–Crippen LogP) is -0.375. The van der Waals surface area contributed by atoms with Crippen LogP contribution in [-0.4, -0.2) is 31.1 Å². The zero-order valence-corrected chi connectivity index (χ0v) is 8.44. The predicted molar refractivity (Wildman–Crippen MR) is 48.9 cm³/mol. The number of carbonyl (C=O) groups is 2. The fourth-order valence-electron chi connectivity index (χ4n) is 0.693. The number of nitrogens with two attached hydrogens (primary N) is 1. The van der Waals surface area contributed by atoms with Crippen LogP contribution >= 0.6 is 12.2 Å². The molecule has 0 aliphatic rings. The third kappa shape index (κ3) is 1.95. The maximum Gasteiger partial charge on any atom is 0.329 e. The number of thiocarbonyl (C=S) groups is 1. The van der Waals surface area contributed by atoms with Gasteiger partial charge in [0.2, 0.25) is 5.41 Å². The molecule has 0 aromatic rings. The second-order valence-electron chi connectivity index (χ2n) is 2.47. The number of methoxy groups -OCH3 is 2. The van der Waals surface area contributed by atoms with E-state index in [2.05, 4.69) is 21.7 Å². The van der Waals surface area contributed by atoms with E-state index < -0.39 is 17.4 Å². The molecule has 6 heteroatoms. The van der Waals surface area contributed by atoms with E-state index in [9.17, 15) is 9.59 Å². The van der Waals surface area contributed by atoms with Crippen LogP contribution in [0.15, 0.2) is 0 Å². The van der Waals surface area contributed by atoms with Crippen LogP contribution in [0, 0.1) is 5.41 Å². The van der Waals surface area contributed by atoms with Crippen LogP contribution in [0.25, 0.3) is 0 Å². The van der Waals surface area contributed by atoms with Gasteiger partial charge in [0.25, 0.3) is 0 Å². The van der Waals surface area contributed by atoms with E-state index in [1.807, 2.05) is 0 Å². The number of hydrogen-bond donors (Lipinski definition) is 1. The summed E-state index contributed by atoms with van der Waals surface area (Å²) < 4.78 is 8.78. The second kappa shape index (κ2) is 4.18. The van der Waals surface area contributed by atoms with Crippen molar-refractivity contribution in [3.63, 3.8) is 0 Å². The Morgan fingerprint density at radius 3 is 1.69 bits per heavy atom. The summed E-state index contributed by atoms with van der Waals surface area (Å²) in [5.41, 5.74) is 3.56. The number of ether oxygens (including phenoxy) is 2. The first-order valence-electron chi connectivity index (χ1n) is 3.38. The highest BCUT2D eigenvalue weighted by Gasteiger charge is 2.46. The molecule has 0 aliphatic heterocycles. The summed E-state index contributed by atoms with van der Waals surface area (Å²) in [4.78, 5) is 22.1. The molecule has 2 N–H and O–H groups in total. The van der Waals surface area contributed by atoms with E-state index in [0.717, 1.165) is 14.2 Å². The van der Waals surface area contributed by atoms with Crippen molar-refractivity contribution in [3.8, 4) is 0 Å². The Morgan fingerprint density at radius 1 is 1.23 bits per heavy atom. The fraction of sp³-hybridized carbons (Fsp3) is 0.571. The molecule has 0 radical (unpaired) electrons. The zero-order valence-electron chi connectivity index (χ0n) is 7.62. The quantitative estimate of drug-likeness (QED) is 0.384. The molecule has 0 unspecified atom stereocenters. The van der Waals surface area contributed by atoms with E-state index in [0.29, 0.717) is 0 Å². The lowest BCUT2D eigenvalue weighted by Gasteiger charge is -2.21. The lowest BCUT2D eigenvalue weighted by atomic mass is 9.91. The van der Waals surface area contributed by atoms with Crippen LogP contribution in [0.4, 0.5) is 0 Å². The summed E-state index contributed by atoms with van der Waals surface area (Å²) in [5.74, 6) is -1.65. The molecular formula is C7H11NO4S. The Kier molecular flexibility index (Phi) is 3.80. The van der Waals surface area contributed by atoms with Gasteiger partial charge < -0.3 is 15.2 Å². The Hall–Kier alpha value is -1.17. The van der Waals surface area contributed by atoms with Crippen molar-refractivity contribution in [1.29, 1.82) is 0 Å². The normalized spacial score (nSPS) is 10.4. The highest BCUT2D eigenvalue weighted by molar-refractivity contribution is 7.80. The minimum atomic E-state index is -1.70. The molecule has 0 aliphatic carbocycles. The first kappa shape index (κ1) is 11.8. The Morgan fingerprint density at radius 2 is 1.54 bits per heavy atom. The molecule has 0 bridgehead atoms. The fourth-order valence-corrected chi connectivity index (χ4v) is 0.859. The molecule has 0 amide bonds. The van der Waals surface area contributed by atoms with Crippen LogP contribution in [-0.2, 0) is 19.1 Å². The van der Waals surface area contributed by atoms with E-state index in [1.54, 1.807) is 0 Å². The van der Waals surface area contributed by atoms with Gasteiger partial charge in [0.1, 0.15) is 4.99 Å². The van der Waals surface area contributed by atoms with Gasteiger partial charge in [0.05, 0.1) is 14.2 Å². The average molecular weight is 205 g/mol. The molecule has 5 nitrogen and oxygen atoms in total. The van der Waals surface area contributed by atoms with Crippen molar-refractivity contribution in [2.24, 2.45) is 11.1 Å². The standard InChI is InChI=1S/C7H11NO4S/c1-7(4(8)13,5(9)11-2)6(10)12-3/h1-3H3,(H2,8,13). The van der Waals surface area contributed by atoms with Crippen LogP contribution in [0.1, 0.15) is 6.92 Å². The lowest BCUT2D eigenvalue weighted by Crippen LogP contribution is -2.48. The number of hydrogen-bond acceptors (Lipinski definition) is 5. The average Bonchev–Trinajstić information content (AvgIpc) is 2.13. The Labute approximate surface area is 81.2 Å². The van der Waals surface area contributed by atoms with Gasteiger partial charge >= 0.3 is 11.9 Å². The maximum absolute atomic E-state index is 11.2. The second-order valence-corrected chi connectivity index (χ2v) is 2.91. The lowest BCUT2D eigenvalue weighted by molar-refractivity contribution is -0.162. The first-order chi connectivity index (χ1) is 5.91. The molecule has 0 atom stereocenters. The smallest absolute Gasteiger partial charge is 0.329 e. The summed E-state index contributed by atoms with van der Waals surface area (Å²) in [5, 5.41) is 0. The third-order valence-corrected chi connectivity index (χ3v) is 2.09. The molecule has 74 valence electrons. The van der Waals surface area contributed by atoms with Gasteiger partial charge in [-0.15, -0.1) is 0 Å². The molecule has 0 saturated heterocycles. The van der Waals surface area contributed by atoms with E-state index in [-0.39, 0.29) is 4.99 Å². The summed E-state index contributed by atoms with van der Waals surface area (Å²) >= 11 is 4.59. The molecule has 0 heterocycles. The van der Waals surface area contributed by atoms with Gasteiger partial charge in [0.15, 0.2) is 0 Å². The molecule has 0 aromatic carbocycles. The Balaban J connectivity index is 5.06. The van der Waals surface area contributed by atoms with Gasteiger partial charge in [-0.1, -0.05) is 12.2 Å². The maximum atomic E-state index is 11.2. The molecule has 0 saturated carbocycles. The van der Waals surface area contributed by atoms with Crippen molar-refractivity contribution in [2.45, 2.75) is 6.92 Å². The molecule has 0 rings (SSSR count). The van der Waals surface area contributed by atoms with Gasteiger partial charge in [-0.3, -0.25) is 9.59 Å². The van der Waals surface area contributed by atoms with Gasteiger partial charge in [-0.05, 0) is 6.92 Å². The zero-order chi connectivity index (χ0) is 10.6. The molecule has 0 fully saturated rings. The minimum Gasteiger partial charge on any atom is -0.468 e. The summed E-state index contributed by atoms with van der Waals surface area (Å²) in [7, 11) is 2.28. The van der Waals surface area contributed by atoms with Crippen molar-refractivity contribution in [1.82, 2.24) is 0 Å². The van der Waals surface area contributed by atoms with E-state index in [1.165, 1.54) is 6.92 Å². The van der Waals surface area contributed by atoms with Gasteiger partial charge in [0, 0.05) is 0 Å². The molecular weight excluding hydrogens is 194 g/mol. The molecule has 0 spiro atoms. The SMILES string of the molecule is COC(=O)C(C)(C(=O)OC)C(N)=S. The number of carbonyl (C=O) groups excluding carboxylic acids is 2. The van der Waals surface area contributed by atoms with Gasteiger partial charge in [-0.2, -0.15) is 0 Å². The topological polar surface area (TPSA) is 78.6 Å². The molecule has 0 aromatic heterocycles. The van der Waals surface area contributed by atoms with Crippen LogP contribution < -0.4 is 5.73 Å². The first-order valence-corrected chi connectivity index (χ1v) is 3.78. The number of esters is 2. The summed E-state index contributed by atoms with van der Waals surface area (Å²) in [6.45, 7) is 1.26. The molecule has 13 heavy (non-hydrogen) atoms. The third-order valence-electron chi connectivity index (χ3n) is 1.68. The highest BCUT2D eigenvalue weighted by Crippen LogP contribution is 2.20. The highest BCUT2D eigenvalue weighted by atomic mass is 32.1. The van der Waals surface area contributed by atoms with Crippen LogP contribution in [0.5, 0.6) is 0 Å². The van der Waals surface area contributed by atoms with Crippen molar-refractivity contribution in [3.05, 3.63) is 0 Å². The summed E-state index contributed by atoms with van der Waals surface area (Å²) in [6, 6.07) is 0. The Bertz CT molecular complexity index is 235. The van der Waals surface area contributed by atoms with Crippen molar-refractivity contribution in [2.75, 3.05) is 14.2 Å². The number of rotatable bonds is 3. The van der Waals surface area contributed by atoms with E-state index >= 15 is 0 Å². The monoisotopic (exact) mass is 205 g/mol.